The van der Waals surface area contributed by atoms with Crippen LogP contribution in [0.3, 0.4) is 0 Å². The molecule has 0 heterocycles. The molecule has 0 aliphatic rings. The molecule has 0 bridgehead atoms. The molecule has 1 unspecified atom stereocenters. The van der Waals surface area contributed by atoms with E-state index in [1.165, 1.54) is 0 Å². The standard InChI is InChI=1S/C6H13BrO6/c7-6(13)5(12)4(11)3(10)2(9)1-8/h2-6,8-13H,1H2/t2-,3-,4-,5-,6?/m1/s1. The Morgan fingerprint density at radius 2 is 1.31 bits per heavy atom. The van der Waals surface area contributed by atoms with Gasteiger partial charge in [-0.25, -0.2) is 0 Å². The van der Waals surface area contributed by atoms with Gasteiger partial charge in [-0.15, -0.1) is 0 Å². The van der Waals surface area contributed by atoms with Crippen LogP contribution in [0.5, 0.6) is 0 Å². The highest BCUT2D eigenvalue weighted by Crippen LogP contribution is 2.11. The molecule has 0 saturated heterocycles. The van der Waals surface area contributed by atoms with E-state index in [1.807, 2.05) is 0 Å². The van der Waals surface area contributed by atoms with Gasteiger partial charge in [-0.1, -0.05) is 15.9 Å². The summed E-state index contributed by atoms with van der Waals surface area (Å²) in [4.78, 5) is 0. The van der Waals surface area contributed by atoms with Crippen molar-refractivity contribution in [3.05, 3.63) is 0 Å². The highest BCUT2D eigenvalue weighted by atomic mass is 79.9. The third-order valence-electron chi connectivity index (χ3n) is 1.56. The van der Waals surface area contributed by atoms with Gasteiger partial charge in [0.15, 0.2) is 0 Å². The Morgan fingerprint density at radius 3 is 1.62 bits per heavy atom. The molecule has 5 atom stereocenters. The molecule has 6 N–H and O–H groups in total. The van der Waals surface area contributed by atoms with Crippen molar-refractivity contribution in [3.63, 3.8) is 0 Å². The van der Waals surface area contributed by atoms with Crippen molar-refractivity contribution in [1.82, 2.24) is 0 Å². The molecule has 0 spiro atoms. The Hall–Kier alpha value is 0.240. The van der Waals surface area contributed by atoms with Crippen molar-refractivity contribution in [2.24, 2.45) is 0 Å². The zero-order chi connectivity index (χ0) is 10.6. The minimum Gasteiger partial charge on any atom is -0.394 e. The van der Waals surface area contributed by atoms with E-state index in [1.54, 1.807) is 0 Å². The van der Waals surface area contributed by atoms with Crippen molar-refractivity contribution < 1.29 is 30.6 Å². The number of aliphatic hydroxyl groups excluding tert-OH is 6. The third kappa shape index (κ3) is 3.86. The van der Waals surface area contributed by atoms with Crippen molar-refractivity contribution in [3.8, 4) is 0 Å². The Kier molecular flexibility index (Phi) is 5.97. The van der Waals surface area contributed by atoms with Crippen LogP contribution in [0.1, 0.15) is 0 Å². The first kappa shape index (κ1) is 13.2. The Balaban J connectivity index is 4.15. The van der Waals surface area contributed by atoms with Gasteiger partial charge in [-0.3, -0.25) is 0 Å². The number of aliphatic hydroxyl groups is 6. The first-order valence-corrected chi connectivity index (χ1v) is 4.48. The van der Waals surface area contributed by atoms with E-state index < -0.39 is 36.0 Å². The summed E-state index contributed by atoms with van der Waals surface area (Å²) in [5, 5.41) is 51.7. The molecule has 0 saturated carbocycles. The molecule has 7 heteroatoms. The number of alkyl halides is 1. The van der Waals surface area contributed by atoms with Gasteiger partial charge >= 0.3 is 0 Å². The molecule has 0 amide bonds. The molecular formula is C6H13BrO6. The summed E-state index contributed by atoms with van der Waals surface area (Å²) in [5.41, 5.74) is 0. The molecule has 0 radical (unpaired) electrons. The molecule has 0 aromatic heterocycles. The van der Waals surface area contributed by atoms with E-state index in [9.17, 15) is 0 Å². The maximum atomic E-state index is 9.10. The lowest BCUT2D eigenvalue weighted by Crippen LogP contribution is -2.48. The predicted octanol–water partition coefficient (Wildman–Crippen LogP) is -2.86. The van der Waals surface area contributed by atoms with Crippen LogP contribution in [0.25, 0.3) is 0 Å². The van der Waals surface area contributed by atoms with Gasteiger partial charge in [0, 0.05) is 0 Å². The second-order valence-corrected chi connectivity index (χ2v) is 3.53. The molecule has 6 nitrogen and oxygen atoms in total. The van der Waals surface area contributed by atoms with Crippen LogP contribution < -0.4 is 0 Å². The van der Waals surface area contributed by atoms with E-state index in [-0.39, 0.29) is 0 Å². The SMILES string of the molecule is OC[C@@H](O)[C@@H](O)[C@@H](O)[C@@H](O)C(O)Br. The molecule has 0 rings (SSSR count). The molecular weight excluding hydrogens is 248 g/mol. The van der Waals surface area contributed by atoms with Gasteiger partial charge in [0.05, 0.1) is 6.61 Å². The monoisotopic (exact) mass is 260 g/mol. The van der Waals surface area contributed by atoms with Crippen LogP contribution in [0, 0.1) is 0 Å². The van der Waals surface area contributed by atoms with Crippen LogP contribution in [-0.4, -0.2) is 66.7 Å². The summed E-state index contributed by atoms with van der Waals surface area (Å²) in [6.45, 7) is -0.747. The normalized spacial score (nSPS) is 23.3. The second kappa shape index (κ2) is 5.86. The summed E-state index contributed by atoms with van der Waals surface area (Å²) in [7, 11) is 0. The summed E-state index contributed by atoms with van der Waals surface area (Å²) >= 11 is 2.57. The largest absolute Gasteiger partial charge is 0.394 e. The summed E-state index contributed by atoms with van der Waals surface area (Å²) in [5.74, 6) is 0. The van der Waals surface area contributed by atoms with Gasteiger partial charge in [0.1, 0.15) is 29.4 Å². The van der Waals surface area contributed by atoms with Crippen LogP contribution in [0.4, 0.5) is 0 Å². The van der Waals surface area contributed by atoms with E-state index in [2.05, 4.69) is 15.9 Å². The summed E-state index contributed by atoms with van der Waals surface area (Å²) in [6.07, 6.45) is -6.66. The maximum absolute atomic E-state index is 9.10. The Labute approximate surface area is 83.2 Å². The fourth-order valence-corrected chi connectivity index (χ4v) is 1.01. The van der Waals surface area contributed by atoms with Crippen LogP contribution in [-0.2, 0) is 0 Å². The van der Waals surface area contributed by atoms with E-state index >= 15 is 0 Å². The van der Waals surface area contributed by atoms with Gasteiger partial charge < -0.3 is 30.6 Å². The van der Waals surface area contributed by atoms with Gasteiger partial charge in [0.25, 0.3) is 0 Å². The van der Waals surface area contributed by atoms with Crippen molar-refractivity contribution >= 4 is 15.9 Å². The minimum atomic E-state index is -1.74. The lowest BCUT2D eigenvalue weighted by atomic mass is 10.0. The van der Waals surface area contributed by atoms with Gasteiger partial charge in [-0.2, -0.15) is 0 Å². The lowest BCUT2D eigenvalue weighted by Gasteiger charge is -2.26. The molecule has 0 aromatic rings. The molecule has 0 aliphatic carbocycles. The molecule has 0 aromatic carbocycles. The number of hydrogen-bond acceptors (Lipinski definition) is 6. The van der Waals surface area contributed by atoms with Crippen molar-refractivity contribution in [1.29, 1.82) is 0 Å². The third-order valence-corrected chi connectivity index (χ3v) is 2.10. The fraction of sp³-hybridized carbons (Fsp3) is 1.00. The smallest absolute Gasteiger partial charge is 0.137 e. The molecule has 0 aliphatic heterocycles. The quantitative estimate of drug-likeness (QED) is 0.296. The Morgan fingerprint density at radius 1 is 0.846 bits per heavy atom. The average molecular weight is 261 g/mol. The molecule has 0 fully saturated rings. The van der Waals surface area contributed by atoms with Crippen molar-refractivity contribution in [2.75, 3.05) is 6.61 Å². The van der Waals surface area contributed by atoms with E-state index in [4.69, 9.17) is 30.6 Å². The molecule has 80 valence electrons. The maximum Gasteiger partial charge on any atom is 0.137 e. The van der Waals surface area contributed by atoms with Crippen LogP contribution in [0.15, 0.2) is 0 Å². The predicted molar refractivity (Wildman–Crippen MR) is 46.0 cm³/mol. The average Bonchev–Trinajstić information content (AvgIpc) is 2.12. The number of rotatable bonds is 5. The highest BCUT2D eigenvalue weighted by Gasteiger charge is 2.32. The van der Waals surface area contributed by atoms with E-state index in [0.29, 0.717) is 0 Å². The lowest BCUT2D eigenvalue weighted by molar-refractivity contribution is -0.127. The van der Waals surface area contributed by atoms with Crippen LogP contribution >= 0.6 is 15.9 Å². The Bertz CT molecular complexity index is 143. The summed E-state index contributed by atoms with van der Waals surface area (Å²) < 4.78 is 0. The summed E-state index contributed by atoms with van der Waals surface area (Å²) in [6, 6.07) is 0. The van der Waals surface area contributed by atoms with Crippen LogP contribution in [0.2, 0.25) is 0 Å². The minimum absolute atomic E-state index is 0.747. The molecule has 13 heavy (non-hydrogen) atoms. The fourth-order valence-electron chi connectivity index (χ4n) is 0.700. The first-order valence-electron chi connectivity index (χ1n) is 3.57. The highest BCUT2D eigenvalue weighted by molar-refractivity contribution is 9.09. The zero-order valence-corrected chi connectivity index (χ0v) is 8.24. The number of halogens is 1. The number of hydrogen-bond donors (Lipinski definition) is 6. The van der Waals surface area contributed by atoms with Crippen molar-refractivity contribution in [2.45, 2.75) is 29.4 Å². The topological polar surface area (TPSA) is 121 Å². The zero-order valence-electron chi connectivity index (χ0n) is 6.66. The first-order chi connectivity index (χ1) is 5.91. The van der Waals surface area contributed by atoms with E-state index in [0.717, 1.165) is 0 Å². The van der Waals surface area contributed by atoms with Gasteiger partial charge in [0.2, 0.25) is 0 Å². The second-order valence-electron chi connectivity index (χ2n) is 2.59. The van der Waals surface area contributed by atoms with Gasteiger partial charge in [-0.05, 0) is 0 Å².